The molecular weight excluding hydrogens is 433 g/mol. The largest absolute Gasteiger partial charge is 0.376 e. The van der Waals surface area contributed by atoms with Gasteiger partial charge in [-0.1, -0.05) is 41.6 Å². The number of halogens is 1. The van der Waals surface area contributed by atoms with E-state index in [0.717, 1.165) is 61.5 Å². The van der Waals surface area contributed by atoms with Crippen molar-refractivity contribution in [2.75, 3.05) is 31.1 Å². The molecule has 0 saturated carbocycles. The summed E-state index contributed by atoms with van der Waals surface area (Å²) in [6, 6.07) is 15.8. The average Bonchev–Trinajstić information content (AvgIpc) is 3.54. The summed E-state index contributed by atoms with van der Waals surface area (Å²) in [5.41, 5.74) is 2.90. The maximum Gasteiger partial charge on any atom is 0.254 e. The van der Waals surface area contributed by atoms with Crippen molar-refractivity contribution in [3.63, 3.8) is 0 Å². The summed E-state index contributed by atoms with van der Waals surface area (Å²) in [5, 5.41) is 4.45. The Morgan fingerprint density at radius 1 is 1.06 bits per heavy atom. The first-order valence-electron chi connectivity index (χ1n) is 12.1. The van der Waals surface area contributed by atoms with Crippen molar-refractivity contribution < 1.29 is 18.4 Å². The molecule has 7 heteroatoms. The number of aromatic nitrogens is 1. The van der Waals surface area contributed by atoms with E-state index in [0.29, 0.717) is 25.3 Å². The van der Waals surface area contributed by atoms with Crippen LogP contribution < -0.4 is 4.90 Å². The van der Waals surface area contributed by atoms with E-state index in [1.807, 2.05) is 30.3 Å². The van der Waals surface area contributed by atoms with Crippen LogP contribution in [0.3, 0.4) is 0 Å². The zero-order chi connectivity index (χ0) is 23.3. The number of anilines is 1. The monoisotopic (exact) mass is 463 g/mol. The van der Waals surface area contributed by atoms with Gasteiger partial charge in [0, 0.05) is 37.4 Å². The van der Waals surface area contributed by atoms with Crippen LogP contribution in [0.15, 0.2) is 59.1 Å². The Labute approximate surface area is 199 Å². The summed E-state index contributed by atoms with van der Waals surface area (Å²) in [7, 11) is 0. The number of hydrogen-bond donors (Lipinski definition) is 0. The van der Waals surface area contributed by atoms with Crippen molar-refractivity contribution in [2.24, 2.45) is 0 Å². The van der Waals surface area contributed by atoms with Crippen molar-refractivity contribution in [1.82, 2.24) is 10.1 Å². The van der Waals surface area contributed by atoms with E-state index in [1.54, 1.807) is 17.0 Å². The van der Waals surface area contributed by atoms with Crippen LogP contribution in [0.5, 0.6) is 0 Å². The van der Waals surface area contributed by atoms with Gasteiger partial charge in [-0.3, -0.25) is 4.79 Å². The third kappa shape index (κ3) is 4.99. The topological polar surface area (TPSA) is 58.8 Å². The predicted molar refractivity (Wildman–Crippen MR) is 128 cm³/mol. The third-order valence-electron chi connectivity index (χ3n) is 6.61. The number of amides is 1. The van der Waals surface area contributed by atoms with Crippen molar-refractivity contribution in [3.8, 4) is 11.3 Å². The van der Waals surface area contributed by atoms with Crippen LogP contribution in [-0.2, 0) is 11.3 Å². The molecule has 3 aromatic rings. The Hall–Kier alpha value is -3.19. The fourth-order valence-corrected chi connectivity index (χ4v) is 4.86. The first-order chi connectivity index (χ1) is 16.7. The van der Waals surface area contributed by atoms with Crippen LogP contribution in [0.2, 0.25) is 0 Å². The normalized spacial score (nSPS) is 18.3. The van der Waals surface area contributed by atoms with Crippen LogP contribution in [0.4, 0.5) is 10.3 Å². The standard InChI is InChI=1S/C27H30FN3O3/c28-22-12-7-11-21(17-22)26(32)31(18-23-13-8-16-33-23)19-24-25(20-9-3-1-4-10-20)29-34-27(24)30-14-5-2-6-15-30/h1,3-4,7,9-12,17,23H,2,5-6,8,13-16,18-19H2/t23-/m0/s1. The molecule has 34 heavy (non-hydrogen) atoms. The van der Waals surface area contributed by atoms with E-state index in [9.17, 15) is 9.18 Å². The molecule has 2 aliphatic rings. The SMILES string of the molecule is O=C(c1cccc(F)c1)N(Cc1c(-c2ccccc2)noc1N1CCCCC1)C[C@@H]1CCCO1. The van der Waals surface area contributed by atoms with E-state index in [2.05, 4.69) is 10.1 Å². The number of nitrogens with zero attached hydrogens (tertiary/aromatic N) is 3. The zero-order valence-electron chi connectivity index (χ0n) is 19.3. The average molecular weight is 464 g/mol. The lowest BCUT2D eigenvalue weighted by molar-refractivity contribution is 0.0507. The minimum absolute atomic E-state index is 0.0315. The number of rotatable bonds is 7. The van der Waals surface area contributed by atoms with E-state index in [4.69, 9.17) is 9.26 Å². The lowest BCUT2D eigenvalue weighted by atomic mass is 10.0. The summed E-state index contributed by atoms with van der Waals surface area (Å²) in [4.78, 5) is 17.6. The number of carbonyl (C=O) groups is 1. The number of ether oxygens (including phenoxy) is 1. The number of carbonyl (C=O) groups excluding carboxylic acids is 1. The molecule has 3 heterocycles. The highest BCUT2D eigenvalue weighted by atomic mass is 19.1. The second-order valence-corrected chi connectivity index (χ2v) is 9.06. The molecule has 0 N–H and O–H groups in total. The van der Waals surface area contributed by atoms with Gasteiger partial charge in [0.25, 0.3) is 5.91 Å². The van der Waals surface area contributed by atoms with Gasteiger partial charge < -0.3 is 19.1 Å². The van der Waals surface area contributed by atoms with Crippen LogP contribution in [0.1, 0.15) is 48.0 Å². The number of piperidine rings is 1. The van der Waals surface area contributed by atoms with E-state index < -0.39 is 5.82 Å². The van der Waals surface area contributed by atoms with Gasteiger partial charge in [0.2, 0.25) is 5.88 Å². The fourth-order valence-electron chi connectivity index (χ4n) is 4.86. The lowest BCUT2D eigenvalue weighted by Crippen LogP contribution is -2.38. The molecule has 1 atom stereocenters. The summed E-state index contributed by atoms with van der Waals surface area (Å²) < 4.78 is 25.7. The van der Waals surface area contributed by atoms with Crippen molar-refractivity contribution in [1.29, 1.82) is 0 Å². The van der Waals surface area contributed by atoms with Crippen LogP contribution >= 0.6 is 0 Å². The molecule has 5 rings (SSSR count). The first kappa shape index (κ1) is 22.6. The Morgan fingerprint density at radius 2 is 1.88 bits per heavy atom. The Bertz CT molecular complexity index is 1110. The summed E-state index contributed by atoms with van der Waals surface area (Å²) in [6.45, 7) is 3.26. The van der Waals surface area contributed by atoms with Gasteiger partial charge in [0.15, 0.2) is 0 Å². The van der Waals surface area contributed by atoms with Gasteiger partial charge in [0.1, 0.15) is 11.5 Å². The molecule has 0 aliphatic carbocycles. The van der Waals surface area contributed by atoms with E-state index in [-0.39, 0.29) is 12.0 Å². The van der Waals surface area contributed by atoms with Gasteiger partial charge >= 0.3 is 0 Å². The van der Waals surface area contributed by atoms with Crippen LogP contribution in [0.25, 0.3) is 11.3 Å². The molecule has 6 nitrogen and oxygen atoms in total. The maximum atomic E-state index is 13.9. The third-order valence-corrected chi connectivity index (χ3v) is 6.61. The molecule has 1 aromatic heterocycles. The molecule has 0 radical (unpaired) electrons. The predicted octanol–water partition coefficient (Wildman–Crippen LogP) is 5.29. The van der Waals surface area contributed by atoms with Gasteiger partial charge in [-0.05, 0) is 50.3 Å². The van der Waals surface area contributed by atoms with Gasteiger partial charge in [-0.2, -0.15) is 0 Å². The molecule has 178 valence electrons. The zero-order valence-corrected chi connectivity index (χ0v) is 19.3. The highest BCUT2D eigenvalue weighted by Gasteiger charge is 2.30. The molecular formula is C27H30FN3O3. The summed E-state index contributed by atoms with van der Waals surface area (Å²) in [5.74, 6) is 0.0783. The first-order valence-corrected chi connectivity index (χ1v) is 12.1. The lowest BCUT2D eigenvalue weighted by Gasteiger charge is -2.29. The Balaban J connectivity index is 1.52. The second-order valence-electron chi connectivity index (χ2n) is 9.06. The maximum absolute atomic E-state index is 13.9. The molecule has 2 fully saturated rings. The van der Waals surface area contributed by atoms with E-state index in [1.165, 1.54) is 18.6 Å². The molecule has 0 unspecified atom stereocenters. The molecule has 0 spiro atoms. The smallest absolute Gasteiger partial charge is 0.254 e. The van der Waals surface area contributed by atoms with Crippen LogP contribution in [-0.4, -0.2) is 48.3 Å². The van der Waals surface area contributed by atoms with Crippen LogP contribution in [0, 0.1) is 5.82 Å². The minimum atomic E-state index is -0.424. The highest BCUT2D eigenvalue weighted by molar-refractivity contribution is 5.94. The number of benzene rings is 2. The van der Waals surface area contributed by atoms with Crippen molar-refractivity contribution >= 4 is 11.8 Å². The Morgan fingerprint density at radius 3 is 2.62 bits per heavy atom. The second kappa shape index (κ2) is 10.4. The van der Waals surface area contributed by atoms with Crippen molar-refractivity contribution in [3.05, 3.63) is 71.5 Å². The molecule has 0 bridgehead atoms. The van der Waals surface area contributed by atoms with Gasteiger partial charge in [-0.25, -0.2) is 4.39 Å². The summed E-state index contributed by atoms with van der Waals surface area (Å²) in [6.07, 6.45) is 5.26. The van der Waals surface area contributed by atoms with Gasteiger partial charge in [0.05, 0.1) is 18.2 Å². The van der Waals surface area contributed by atoms with Crippen molar-refractivity contribution in [2.45, 2.75) is 44.8 Å². The quantitative estimate of drug-likeness (QED) is 0.476. The Kier molecular flexibility index (Phi) is 6.90. The molecule has 1 amide bonds. The minimum Gasteiger partial charge on any atom is -0.376 e. The molecule has 2 aliphatic heterocycles. The molecule has 2 aromatic carbocycles. The molecule has 2 saturated heterocycles. The summed E-state index contributed by atoms with van der Waals surface area (Å²) >= 11 is 0. The number of hydrogen-bond acceptors (Lipinski definition) is 5. The van der Waals surface area contributed by atoms with Gasteiger partial charge in [-0.15, -0.1) is 0 Å². The fraction of sp³-hybridized carbons (Fsp3) is 0.407. The highest BCUT2D eigenvalue weighted by Crippen LogP contribution is 2.34. The van der Waals surface area contributed by atoms with E-state index >= 15 is 0 Å².